The van der Waals surface area contributed by atoms with Crippen molar-refractivity contribution in [3.63, 3.8) is 0 Å². The van der Waals surface area contributed by atoms with E-state index in [1.54, 1.807) is 36.5 Å². The van der Waals surface area contributed by atoms with Gasteiger partial charge in [-0.1, -0.05) is 24.1 Å². The summed E-state index contributed by atoms with van der Waals surface area (Å²) in [6, 6.07) is 9.67. The van der Waals surface area contributed by atoms with Crippen LogP contribution < -0.4 is 10.2 Å². The second-order valence-electron chi connectivity index (χ2n) is 7.93. The maximum absolute atomic E-state index is 13.2. The fourth-order valence-corrected chi connectivity index (χ4v) is 5.62. The molecule has 2 saturated heterocycles. The lowest BCUT2D eigenvalue weighted by Gasteiger charge is -2.33. The molecule has 31 heavy (non-hydrogen) atoms. The third kappa shape index (κ3) is 4.89. The molecule has 0 radical (unpaired) electrons. The first-order valence-corrected chi connectivity index (χ1v) is 12.1. The van der Waals surface area contributed by atoms with E-state index in [1.165, 1.54) is 4.31 Å². The molecule has 0 aliphatic carbocycles. The van der Waals surface area contributed by atoms with E-state index in [0.717, 1.165) is 37.3 Å². The van der Waals surface area contributed by atoms with E-state index in [2.05, 4.69) is 15.2 Å². The smallest absolute Gasteiger partial charge is 0.243 e. The van der Waals surface area contributed by atoms with Crippen molar-refractivity contribution in [1.29, 1.82) is 0 Å². The summed E-state index contributed by atoms with van der Waals surface area (Å²) >= 11 is 0. The van der Waals surface area contributed by atoms with Crippen molar-refractivity contribution < 1.29 is 17.9 Å². The number of nitrogens with zero attached hydrogens (tertiary/aromatic N) is 3. The zero-order valence-electron chi connectivity index (χ0n) is 17.7. The Hall–Kier alpha value is -2.49. The summed E-state index contributed by atoms with van der Waals surface area (Å²) in [6.07, 6.45) is 3.66. The molecule has 0 saturated carbocycles. The lowest BCUT2D eigenvalue weighted by atomic mass is 10.0. The third-order valence-electron chi connectivity index (χ3n) is 5.73. The highest BCUT2D eigenvalue weighted by Crippen LogP contribution is 2.27. The highest BCUT2D eigenvalue weighted by atomic mass is 32.2. The van der Waals surface area contributed by atoms with Crippen LogP contribution >= 0.6 is 0 Å². The summed E-state index contributed by atoms with van der Waals surface area (Å²) in [5.74, 6) is 0.513. The Bertz CT molecular complexity index is 1000. The number of aromatic nitrogens is 1. The molecule has 0 bridgehead atoms. The molecule has 1 amide bonds. The van der Waals surface area contributed by atoms with Crippen LogP contribution in [0.5, 0.6) is 0 Å². The maximum Gasteiger partial charge on any atom is 0.243 e. The average molecular weight is 445 g/mol. The van der Waals surface area contributed by atoms with E-state index in [1.807, 2.05) is 13.0 Å². The van der Waals surface area contributed by atoms with Crippen molar-refractivity contribution in [2.75, 3.05) is 43.1 Å². The zero-order chi connectivity index (χ0) is 21.8. The highest BCUT2D eigenvalue weighted by molar-refractivity contribution is 7.89. The molecule has 1 unspecified atom stereocenters. The molecule has 2 aromatic rings. The first kappa shape index (κ1) is 21.7. The predicted octanol–water partition coefficient (Wildman–Crippen LogP) is 2.41. The number of hydrogen-bond donors (Lipinski definition) is 1. The van der Waals surface area contributed by atoms with Crippen LogP contribution in [0.15, 0.2) is 47.5 Å². The van der Waals surface area contributed by atoms with Crippen LogP contribution in [-0.4, -0.2) is 62.5 Å². The van der Waals surface area contributed by atoms with Crippen molar-refractivity contribution in [2.45, 2.75) is 37.1 Å². The number of sulfonamides is 1. The molecule has 1 aromatic carbocycles. The fraction of sp³-hybridized carbons (Fsp3) is 0.455. The van der Waals surface area contributed by atoms with Gasteiger partial charge >= 0.3 is 0 Å². The molecule has 8 nitrogen and oxygen atoms in total. The number of nitrogens with one attached hydrogen (secondary N) is 1. The van der Waals surface area contributed by atoms with Gasteiger partial charge in [-0.05, 0) is 44.0 Å². The summed E-state index contributed by atoms with van der Waals surface area (Å²) in [6.45, 7) is 5.16. The molecule has 9 heteroatoms. The van der Waals surface area contributed by atoms with Crippen LogP contribution in [0, 0.1) is 6.92 Å². The number of morpholine rings is 1. The lowest BCUT2D eigenvalue weighted by Crippen LogP contribution is -2.49. The van der Waals surface area contributed by atoms with E-state index in [-0.39, 0.29) is 10.8 Å². The van der Waals surface area contributed by atoms with E-state index >= 15 is 0 Å². The molecule has 1 N–H and O–H groups in total. The number of pyridine rings is 1. The van der Waals surface area contributed by atoms with Crippen molar-refractivity contribution >= 4 is 27.4 Å². The first-order chi connectivity index (χ1) is 14.9. The fourth-order valence-electron chi connectivity index (χ4n) is 3.97. The number of anilines is 2. The van der Waals surface area contributed by atoms with Gasteiger partial charge in [0.25, 0.3) is 0 Å². The lowest BCUT2D eigenvalue weighted by molar-refractivity contribution is -0.120. The number of carbonyl (C=O) groups excluding carboxylic acids is 1. The van der Waals surface area contributed by atoms with Crippen molar-refractivity contribution in [1.82, 2.24) is 9.29 Å². The van der Waals surface area contributed by atoms with Crippen LogP contribution in [0.25, 0.3) is 0 Å². The SMILES string of the molecule is Cc1ccc(S(=O)(=O)N2CCCCC2C(=O)Nc2ccc(N3CCOCC3)nc2)cc1. The summed E-state index contributed by atoms with van der Waals surface area (Å²) in [5.41, 5.74) is 1.54. The van der Waals surface area contributed by atoms with E-state index in [9.17, 15) is 13.2 Å². The second-order valence-corrected chi connectivity index (χ2v) is 9.82. The van der Waals surface area contributed by atoms with Crippen LogP contribution in [0.2, 0.25) is 0 Å². The Balaban J connectivity index is 1.47. The monoisotopic (exact) mass is 444 g/mol. The molecular weight excluding hydrogens is 416 g/mol. The number of ether oxygens (including phenoxy) is 1. The van der Waals surface area contributed by atoms with Gasteiger partial charge in [-0.25, -0.2) is 13.4 Å². The van der Waals surface area contributed by atoms with Gasteiger partial charge in [-0.2, -0.15) is 4.31 Å². The molecule has 0 spiro atoms. The molecule has 1 aromatic heterocycles. The molecular formula is C22H28N4O4S. The molecule has 3 heterocycles. The number of piperidine rings is 1. The van der Waals surface area contributed by atoms with E-state index < -0.39 is 16.1 Å². The maximum atomic E-state index is 13.2. The standard InChI is InChI=1S/C22H28N4O4S/c1-17-5-8-19(9-6-17)31(28,29)26-11-3-2-4-20(26)22(27)24-18-7-10-21(23-16-18)25-12-14-30-15-13-25/h5-10,16,20H,2-4,11-15H2,1H3,(H,24,27). The highest BCUT2D eigenvalue weighted by Gasteiger charge is 2.37. The number of benzene rings is 1. The molecule has 166 valence electrons. The van der Waals surface area contributed by atoms with E-state index in [0.29, 0.717) is 31.9 Å². The summed E-state index contributed by atoms with van der Waals surface area (Å²) in [7, 11) is -3.75. The number of hydrogen-bond acceptors (Lipinski definition) is 6. The minimum absolute atomic E-state index is 0.217. The van der Waals surface area contributed by atoms with Crippen molar-refractivity contribution in [3.05, 3.63) is 48.2 Å². The molecule has 2 aliphatic heterocycles. The number of rotatable bonds is 5. The molecule has 1 atom stereocenters. The van der Waals surface area contributed by atoms with Crippen LogP contribution in [0.3, 0.4) is 0 Å². The number of amides is 1. The average Bonchev–Trinajstić information content (AvgIpc) is 2.80. The minimum Gasteiger partial charge on any atom is -0.378 e. The predicted molar refractivity (Wildman–Crippen MR) is 119 cm³/mol. The van der Waals surface area contributed by atoms with Gasteiger partial charge in [-0.3, -0.25) is 4.79 Å². The first-order valence-electron chi connectivity index (χ1n) is 10.6. The van der Waals surface area contributed by atoms with Gasteiger partial charge in [0.2, 0.25) is 15.9 Å². The number of aryl methyl sites for hydroxylation is 1. The van der Waals surface area contributed by atoms with E-state index in [4.69, 9.17) is 4.74 Å². The topological polar surface area (TPSA) is 91.8 Å². The van der Waals surface area contributed by atoms with Crippen LogP contribution in [0.1, 0.15) is 24.8 Å². The van der Waals surface area contributed by atoms with Crippen LogP contribution in [-0.2, 0) is 19.6 Å². The largest absolute Gasteiger partial charge is 0.378 e. The zero-order valence-corrected chi connectivity index (χ0v) is 18.5. The summed E-state index contributed by atoms with van der Waals surface area (Å²) in [4.78, 5) is 19.8. The molecule has 4 rings (SSSR count). The van der Waals surface area contributed by atoms with Crippen molar-refractivity contribution in [2.24, 2.45) is 0 Å². The Morgan fingerprint density at radius 3 is 2.48 bits per heavy atom. The van der Waals surface area contributed by atoms with Gasteiger partial charge in [0, 0.05) is 19.6 Å². The van der Waals surface area contributed by atoms with Gasteiger partial charge in [-0.15, -0.1) is 0 Å². The molecule has 2 fully saturated rings. The molecule has 2 aliphatic rings. The third-order valence-corrected chi connectivity index (χ3v) is 7.66. The van der Waals surface area contributed by atoms with Gasteiger partial charge in [0.1, 0.15) is 11.9 Å². The Kier molecular flexibility index (Phi) is 6.54. The Labute approximate surface area is 183 Å². The van der Waals surface area contributed by atoms with Crippen molar-refractivity contribution in [3.8, 4) is 0 Å². The summed E-state index contributed by atoms with van der Waals surface area (Å²) < 4.78 is 33.1. The summed E-state index contributed by atoms with van der Waals surface area (Å²) in [5, 5.41) is 2.85. The Morgan fingerprint density at radius 1 is 1.06 bits per heavy atom. The van der Waals surface area contributed by atoms with Gasteiger partial charge < -0.3 is 15.0 Å². The van der Waals surface area contributed by atoms with Gasteiger partial charge in [0.15, 0.2) is 0 Å². The second kappa shape index (κ2) is 9.33. The van der Waals surface area contributed by atoms with Crippen LogP contribution in [0.4, 0.5) is 11.5 Å². The van der Waals surface area contributed by atoms with Gasteiger partial charge in [0.05, 0.1) is 30.0 Å². The normalized spacial score (nSPS) is 20.4. The number of carbonyl (C=O) groups is 1. The Morgan fingerprint density at radius 2 is 1.81 bits per heavy atom. The minimum atomic E-state index is -3.75. The quantitative estimate of drug-likeness (QED) is 0.762.